The molecule has 0 unspecified atom stereocenters. The molecule has 34 heavy (non-hydrogen) atoms. The molecule has 2 N–H and O–H groups in total. The van der Waals surface area contributed by atoms with Gasteiger partial charge in [-0.2, -0.15) is 0 Å². The molecule has 0 saturated heterocycles. The minimum absolute atomic E-state index is 0.838. The molecule has 0 aliphatic heterocycles. The SMILES string of the molecule is COc1ccc(-c2[nH]c3ccccc3c2C=Nc2ccc(-c3cc4ccccc4[nH]3)cc2)cc1. The van der Waals surface area contributed by atoms with E-state index in [9.17, 15) is 0 Å². The van der Waals surface area contributed by atoms with Gasteiger partial charge >= 0.3 is 0 Å². The molecule has 6 rings (SSSR count). The Morgan fingerprint density at radius 3 is 2.18 bits per heavy atom. The molecule has 0 saturated carbocycles. The number of methoxy groups -OCH3 is 1. The van der Waals surface area contributed by atoms with Gasteiger partial charge in [-0.15, -0.1) is 0 Å². The number of fused-ring (bicyclic) bond motifs is 2. The molecule has 0 radical (unpaired) electrons. The predicted octanol–water partition coefficient (Wildman–Crippen LogP) is 7.74. The van der Waals surface area contributed by atoms with E-state index in [1.54, 1.807) is 7.11 Å². The molecule has 2 heterocycles. The topological polar surface area (TPSA) is 53.2 Å². The second-order valence-corrected chi connectivity index (χ2v) is 8.26. The highest BCUT2D eigenvalue weighted by Crippen LogP contribution is 2.31. The molecule has 0 fully saturated rings. The predicted molar refractivity (Wildman–Crippen MR) is 141 cm³/mol. The van der Waals surface area contributed by atoms with Gasteiger partial charge in [-0.25, -0.2) is 0 Å². The zero-order chi connectivity index (χ0) is 22.9. The third-order valence-corrected chi connectivity index (χ3v) is 6.18. The fourth-order valence-electron chi connectivity index (χ4n) is 4.38. The van der Waals surface area contributed by atoms with Crippen LogP contribution in [0.2, 0.25) is 0 Å². The molecule has 2 aromatic heterocycles. The lowest BCUT2D eigenvalue weighted by molar-refractivity contribution is 0.415. The van der Waals surface area contributed by atoms with Crippen molar-refractivity contribution in [3.05, 3.63) is 109 Å². The first-order chi connectivity index (χ1) is 16.8. The van der Waals surface area contributed by atoms with Crippen molar-refractivity contribution in [3.63, 3.8) is 0 Å². The molecule has 4 aromatic carbocycles. The maximum Gasteiger partial charge on any atom is 0.118 e. The van der Waals surface area contributed by atoms with Crippen molar-refractivity contribution in [2.75, 3.05) is 7.11 Å². The number of hydrogen-bond donors (Lipinski definition) is 2. The van der Waals surface area contributed by atoms with Gasteiger partial charge in [-0.05, 0) is 65.7 Å². The van der Waals surface area contributed by atoms with Crippen LogP contribution in [0.1, 0.15) is 5.56 Å². The molecular formula is C30H23N3O. The summed E-state index contributed by atoms with van der Waals surface area (Å²) < 4.78 is 5.32. The van der Waals surface area contributed by atoms with Gasteiger partial charge in [0, 0.05) is 39.3 Å². The van der Waals surface area contributed by atoms with E-state index >= 15 is 0 Å². The van der Waals surface area contributed by atoms with Crippen molar-refractivity contribution in [1.82, 2.24) is 9.97 Å². The highest BCUT2D eigenvalue weighted by molar-refractivity contribution is 6.06. The summed E-state index contributed by atoms with van der Waals surface area (Å²) in [4.78, 5) is 11.9. The second-order valence-electron chi connectivity index (χ2n) is 8.26. The highest BCUT2D eigenvalue weighted by atomic mass is 16.5. The van der Waals surface area contributed by atoms with E-state index < -0.39 is 0 Å². The van der Waals surface area contributed by atoms with Gasteiger partial charge in [-0.3, -0.25) is 4.99 Å². The third-order valence-electron chi connectivity index (χ3n) is 6.18. The number of aliphatic imine (C=N–C) groups is 1. The van der Waals surface area contributed by atoms with Crippen LogP contribution in [-0.4, -0.2) is 23.3 Å². The Morgan fingerprint density at radius 2 is 1.41 bits per heavy atom. The smallest absolute Gasteiger partial charge is 0.118 e. The van der Waals surface area contributed by atoms with E-state index in [0.717, 1.165) is 55.9 Å². The highest BCUT2D eigenvalue weighted by Gasteiger charge is 2.12. The summed E-state index contributed by atoms with van der Waals surface area (Å²) in [5, 5.41) is 2.36. The van der Waals surface area contributed by atoms with Crippen LogP contribution in [-0.2, 0) is 0 Å². The average molecular weight is 442 g/mol. The molecule has 4 nitrogen and oxygen atoms in total. The molecule has 0 aliphatic rings. The maximum atomic E-state index is 5.32. The number of rotatable bonds is 5. The number of para-hydroxylation sites is 2. The molecule has 0 amide bonds. The first kappa shape index (κ1) is 20.1. The number of benzene rings is 4. The summed E-state index contributed by atoms with van der Waals surface area (Å²) in [6.45, 7) is 0. The fraction of sp³-hybridized carbons (Fsp3) is 0.0333. The van der Waals surface area contributed by atoms with Crippen LogP contribution in [0.15, 0.2) is 108 Å². The summed E-state index contributed by atoms with van der Waals surface area (Å²) in [5.41, 5.74) is 8.59. The molecule has 164 valence electrons. The first-order valence-electron chi connectivity index (χ1n) is 11.3. The van der Waals surface area contributed by atoms with Crippen molar-refractivity contribution < 1.29 is 4.74 Å². The quantitative estimate of drug-likeness (QED) is 0.264. The largest absolute Gasteiger partial charge is 0.497 e. The average Bonchev–Trinajstić information content (AvgIpc) is 3.49. The number of aromatic nitrogens is 2. The maximum absolute atomic E-state index is 5.32. The fourth-order valence-corrected chi connectivity index (χ4v) is 4.38. The van der Waals surface area contributed by atoms with Crippen molar-refractivity contribution in [2.24, 2.45) is 4.99 Å². The van der Waals surface area contributed by atoms with Crippen LogP contribution >= 0.6 is 0 Å². The molecule has 0 bridgehead atoms. The second kappa shape index (κ2) is 8.41. The van der Waals surface area contributed by atoms with Crippen LogP contribution in [0, 0.1) is 0 Å². The van der Waals surface area contributed by atoms with Crippen molar-refractivity contribution in [1.29, 1.82) is 0 Å². The van der Waals surface area contributed by atoms with Crippen LogP contribution < -0.4 is 4.74 Å². The Balaban J connectivity index is 1.34. The minimum atomic E-state index is 0.838. The summed E-state index contributed by atoms with van der Waals surface area (Å²) in [7, 11) is 1.68. The van der Waals surface area contributed by atoms with Crippen molar-refractivity contribution >= 4 is 33.7 Å². The van der Waals surface area contributed by atoms with Crippen LogP contribution in [0.25, 0.3) is 44.3 Å². The zero-order valence-electron chi connectivity index (χ0n) is 18.7. The number of hydrogen-bond acceptors (Lipinski definition) is 2. The summed E-state index contributed by atoms with van der Waals surface area (Å²) in [6.07, 6.45) is 1.95. The van der Waals surface area contributed by atoms with E-state index in [1.807, 2.05) is 30.5 Å². The molecule has 4 heteroatoms. The van der Waals surface area contributed by atoms with Crippen LogP contribution in [0.4, 0.5) is 5.69 Å². The van der Waals surface area contributed by atoms with Crippen LogP contribution in [0.5, 0.6) is 5.75 Å². The summed E-state index contributed by atoms with van der Waals surface area (Å²) >= 11 is 0. The van der Waals surface area contributed by atoms with E-state index in [0.29, 0.717) is 0 Å². The third kappa shape index (κ3) is 3.65. The van der Waals surface area contributed by atoms with Gasteiger partial charge in [-0.1, -0.05) is 48.5 Å². The zero-order valence-corrected chi connectivity index (χ0v) is 18.7. The normalized spacial score (nSPS) is 11.6. The number of ether oxygens (including phenoxy) is 1. The molecule has 0 aliphatic carbocycles. The lowest BCUT2D eigenvalue weighted by Crippen LogP contribution is -1.87. The van der Waals surface area contributed by atoms with Crippen molar-refractivity contribution in [2.45, 2.75) is 0 Å². The Labute approximate surface area is 197 Å². The van der Waals surface area contributed by atoms with E-state index in [-0.39, 0.29) is 0 Å². The van der Waals surface area contributed by atoms with E-state index in [1.165, 1.54) is 5.39 Å². The number of H-pyrrole nitrogens is 2. The Hall–Kier alpha value is -4.57. The lowest BCUT2D eigenvalue weighted by Gasteiger charge is -2.04. The van der Waals surface area contributed by atoms with E-state index in [2.05, 4.69) is 88.8 Å². The van der Waals surface area contributed by atoms with Gasteiger partial charge in [0.15, 0.2) is 0 Å². The molecular weight excluding hydrogens is 418 g/mol. The minimum Gasteiger partial charge on any atom is -0.497 e. The van der Waals surface area contributed by atoms with E-state index in [4.69, 9.17) is 9.73 Å². The summed E-state index contributed by atoms with van der Waals surface area (Å²) in [5.74, 6) is 0.838. The van der Waals surface area contributed by atoms with Gasteiger partial charge in [0.2, 0.25) is 0 Å². The monoisotopic (exact) mass is 441 g/mol. The number of nitrogens with zero attached hydrogens (tertiary/aromatic N) is 1. The molecule has 0 spiro atoms. The molecule has 6 aromatic rings. The Bertz CT molecular complexity index is 1590. The standard InChI is InChI=1S/C30H23N3O/c1-34-24-16-12-21(13-17-24)30-26(25-7-3-5-9-28(25)33-30)19-31-23-14-10-20(11-15-23)29-18-22-6-2-4-8-27(22)32-29/h2-19,32-33H,1H3. The van der Waals surface area contributed by atoms with Crippen molar-refractivity contribution in [3.8, 4) is 28.3 Å². The Kier molecular flexibility index (Phi) is 4.96. The first-order valence-corrected chi connectivity index (χ1v) is 11.3. The van der Waals surface area contributed by atoms with Gasteiger partial charge < -0.3 is 14.7 Å². The Morgan fingerprint density at radius 1 is 0.706 bits per heavy atom. The number of aromatic amines is 2. The lowest BCUT2D eigenvalue weighted by atomic mass is 10.1. The van der Waals surface area contributed by atoms with Gasteiger partial charge in [0.25, 0.3) is 0 Å². The molecule has 0 atom stereocenters. The van der Waals surface area contributed by atoms with Gasteiger partial charge in [0.1, 0.15) is 5.75 Å². The number of nitrogens with one attached hydrogen (secondary N) is 2. The summed E-state index contributed by atoms with van der Waals surface area (Å²) in [6, 6.07) is 35.2. The van der Waals surface area contributed by atoms with Crippen LogP contribution in [0.3, 0.4) is 0 Å². The van der Waals surface area contributed by atoms with Gasteiger partial charge in [0.05, 0.1) is 18.5 Å².